The predicted octanol–water partition coefficient (Wildman–Crippen LogP) is 3.94. The molecule has 6 nitrogen and oxygen atoms in total. The highest BCUT2D eigenvalue weighted by Gasteiger charge is 2.17. The molecule has 140 valence electrons. The minimum Gasteiger partial charge on any atom is -0.486 e. The first kappa shape index (κ1) is 17.1. The Morgan fingerprint density at radius 1 is 1.07 bits per heavy atom. The van der Waals surface area contributed by atoms with Crippen molar-refractivity contribution in [1.29, 1.82) is 0 Å². The molecule has 0 bridgehead atoms. The van der Waals surface area contributed by atoms with Crippen LogP contribution in [0.2, 0.25) is 0 Å². The van der Waals surface area contributed by atoms with E-state index < -0.39 is 0 Å². The number of fused-ring (bicyclic) bond motifs is 4. The van der Waals surface area contributed by atoms with Gasteiger partial charge in [-0.3, -0.25) is 9.20 Å². The molecule has 5 rings (SSSR count). The fourth-order valence-corrected chi connectivity index (χ4v) is 4.24. The Bertz CT molecular complexity index is 1220. The molecule has 0 fully saturated rings. The van der Waals surface area contributed by atoms with Crippen LogP contribution in [0.1, 0.15) is 15.9 Å². The summed E-state index contributed by atoms with van der Waals surface area (Å²) in [6, 6.07) is 15.5. The Labute approximate surface area is 165 Å². The van der Waals surface area contributed by atoms with Gasteiger partial charge in [0.2, 0.25) is 0 Å². The maximum absolute atomic E-state index is 12.7. The van der Waals surface area contributed by atoms with Gasteiger partial charge in [-0.2, -0.15) is 0 Å². The third-order valence-corrected chi connectivity index (χ3v) is 5.70. The van der Waals surface area contributed by atoms with Gasteiger partial charge >= 0.3 is 0 Å². The van der Waals surface area contributed by atoms with E-state index in [9.17, 15) is 4.79 Å². The number of aromatic nitrogens is 3. The van der Waals surface area contributed by atoms with Gasteiger partial charge in [0.05, 0.1) is 11.3 Å². The number of thioether (sulfide) groups is 1. The predicted molar refractivity (Wildman–Crippen MR) is 108 cm³/mol. The van der Waals surface area contributed by atoms with Crippen LogP contribution < -0.4 is 9.47 Å². The summed E-state index contributed by atoms with van der Waals surface area (Å²) in [6.45, 7) is 3.09. The number of carbonyl (C=O) groups is 1. The third-order valence-electron chi connectivity index (χ3n) is 4.77. The van der Waals surface area contributed by atoms with Gasteiger partial charge in [-0.1, -0.05) is 30.0 Å². The number of ether oxygens (including phenoxy) is 2. The number of hydrogen-bond donors (Lipinski definition) is 0. The van der Waals surface area contributed by atoms with Crippen molar-refractivity contribution in [1.82, 2.24) is 14.6 Å². The Morgan fingerprint density at radius 2 is 1.89 bits per heavy atom. The van der Waals surface area contributed by atoms with Gasteiger partial charge in [-0.15, -0.1) is 10.2 Å². The van der Waals surface area contributed by atoms with E-state index in [-0.39, 0.29) is 11.5 Å². The quantitative estimate of drug-likeness (QED) is 0.388. The first-order chi connectivity index (χ1) is 13.7. The van der Waals surface area contributed by atoms with Crippen molar-refractivity contribution in [3.63, 3.8) is 0 Å². The summed E-state index contributed by atoms with van der Waals surface area (Å²) < 4.78 is 13.1. The monoisotopic (exact) mass is 391 g/mol. The van der Waals surface area contributed by atoms with E-state index in [0.29, 0.717) is 35.4 Å². The normalized spacial score (nSPS) is 13.2. The van der Waals surface area contributed by atoms with Crippen molar-refractivity contribution in [2.24, 2.45) is 0 Å². The topological polar surface area (TPSA) is 65.7 Å². The lowest BCUT2D eigenvalue weighted by Gasteiger charge is -2.18. The van der Waals surface area contributed by atoms with Crippen LogP contribution in [-0.2, 0) is 0 Å². The summed E-state index contributed by atoms with van der Waals surface area (Å²) in [5, 5.41) is 10.4. The van der Waals surface area contributed by atoms with Gasteiger partial charge in [-0.05, 0) is 42.8 Å². The Morgan fingerprint density at radius 3 is 2.79 bits per heavy atom. The van der Waals surface area contributed by atoms with E-state index in [1.54, 1.807) is 18.2 Å². The Balaban J connectivity index is 1.43. The zero-order valence-corrected chi connectivity index (χ0v) is 16.0. The molecule has 0 amide bonds. The molecule has 0 N–H and O–H groups in total. The lowest BCUT2D eigenvalue weighted by Crippen LogP contribution is -2.16. The van der Waals surface area contributed by atoms with Crippen LogP contribution in [0.15, 0.2) is 53.7 Å². The minimum absolute atomic E-state index is 0.00939. The summed E-state index contributed by atoms with van der Waals surface area (Å²) in [6.07, 6.45) is 0. The molecule has 1 aliphatic heterocycles. The Hall–Kier alpha value is -3.06. The smallest absolute Gasteiger partial charge is 0.196 e. The largest absolute Gasteiger partial charge is 0.486 e. The first-order valence-corrected chi connectivity index (χ1v) is 9.98. The lowest BCUT2D eigenvalue weighted by molar-refractivity contribution is 0.102. The molecular formula is C21H17N3O3S. The van der Waals surface area contributed by atoms with E-state index in [4.69, 9.17) is 9.47 Å². The van der Waals surface area contributed by atoms with Crippen molar-refractivity contribution in [2.75, 3.05) is 19.0 Å². The summed E-state index contributed by atoms with van der Waals surface area (Å²) in [5.74, 6) is 1.58. The molecule has 1 aliphatic rings. The third kappa shape index (κ3) is 2.88. The van der Waals surface area contributed by atoms with Crippen LogP contribution in [0.5, 0.6) is 11.5 Å². The molecular weight excluding hydrogens is 374 g/mol. The van der Waals surface area contributed by atoms with Crippen LogP contribution in [0, 0.1) is 6.92 Å². The van der Waals surface area contributed by atoms with Crippen LogP contribution in [-0.4, -0.2) is 39.3 Å². The van der Waals surface area contributed by atoms with Gasteiger partial charge in [0.15, 0.2) is 28.1 Å². The van der Waals surface area contributed by atoms with Crippen LogP contribution in [0.25, 0.3) is 16.6 Å². The number of pyridine rings is 1. The molecule has 0 saturated carbocycles. The lowest BCUT2D eigenvalue weighted by atomic mass is 10.1. The van der Waals surface area contributed by atoms with Gasteiger partial charge < -0.3 is 9.47 Å². The average Bonchev–Trinajstić information content (AvgIpc) is 3.14. The van der Waals surface area contributed by atoms with Crippen molar-refractivity contribution in [2.45, 2.75) is 12.1 Å². The maximum atomic E-state index is 12.7. The highest BCUT2D eigenvalue weighted by Crippen LogP contribution is 2.32. The fourth-order valence-electron chi connectivity index (χ4n) is 3.40. The molecule has 0 atom stereocenters. The molecule has 3 heterocycles. The second-order valence-corrected chi connectivity index (χ2v) is 7.53. The molecule has 0 radical (unpaired) electrons. The van der Waals surface area contributed by atoms with E-state index in [2.05, 4.69) is 23.2 Å². The van der Waals surface area contributed by atoms with Crippen LogP contribution in [0.3, 0.4) is 0 Å². The zero-order valence-electron chi connectivity index (χ0n) is 15.2. The second-order valence-electron chi connectivity index (χ2n) is 6.59. The number of Topliss-reactive ketones (excluding diaryl/α,β-unsaturated/α-hetero) is 1. The number of rotatable bonds is 4. The Kier molecular flexibility index (Phi) is 4.16. The number of para-hydroxylation sites is 1. The molecule has 0 aliphatic carbocycles. The molecule has 0 saturated heterocycles. The van der Waals surface area contributed by atoms with E-state index in [1.165, 1.54) is 11.8 Å². The molecule has 0 spiro atoms. The average molecular weight is 391 g/mol. The zero-order chi connectivity index (χ0) is 19.1. The number of benzene rings is 2. The summed E-state index contributed by atoms with van der Waals surface area (Å²) in [5.41, 5.74) is 3.58. The van der Waals surface area contributed by atoms with E-state index in [1.807, 2.05) is 28.7 Å². The molecule has 0 unspecified atom stereocenters. The second kappa shape index (κ2) is 6.83. The highest BCUT2D eigenvalue weighted by molar-refractivity contribution is 7.99. The van der Waals surface area contributed by atoms with Crippen molar-refractivity contribution in [3.05, 3.63) is 59.7 Å². The summed E-state index contributed by atoms with van der Waals surface area (Å²) in [7, 11) is 0. The van der Waals surface area contributed by atoms with E-state index >= 15 is 0 Å². The van der Waals surface area contributed by atoms with Gasteiger partial charge in [0, 0.05) is 10.9 Å². The first-order valence-electron chi connectivity index (χ1n) is 9.00. The molecule has 4 aromatic rings. The van der Waals surface area contributed by atoms with Crippen molar-refractivity contribution >= 4 is 34.1 Å². The number of aryl methyl sites for hydroxylation is 1. The maximum Gasteiger partial charge on any atom is 0.196 e. The van der Waals surface area contributed by atoms with Crippen molar-refractivity contribution < 1.29 is 14.3 Å². The number of nitrogens with zero attached hydrogens (tertiary/aromatic N) is 3. The molecule has 2 aromatic carbocycles. The minimum atomic E-state index is 0.00939. The standard InChI is InChI=1S/C21H17N3O3S/c1-13-10-20-22-23-21(24(20)16-5-3-2-4-15(13)16)28-12-17(25)14-6-7-18-19(11-14)27-9-8-26-18/h2-7,10-11H,8-9,12H2,1H3. The highest BCUT2D eigenvalue weighted by atomic mass is 32.2. The molecule has 2 aromatic heterocycles. The number of hydrogen-bond acceptors (Lipinski definition) is 6. The van der Waals surface area contributed by atoms with E-state index in [0.717, 1.165) is 22.1 Å². The van der Waals surface area contributed by atoms with Gasteiger partial charge in [0.1, 0.15) is 13.2 Å². The molecule has 7 heteroatoms. The van der Waals surface area contributed by atoms with Crippen LogP contribution >= 0.6 is 11.8 Å². The summed E-state index contributed by atoms with van der Waals surface area (Å²) >= 11 is 1.39. The van der Waals surface area contributed by atoms with Crippen LogP contribution in [0.4, 0.5) is 0 Å². The van der Waals surface area contributed by atoms with Crippen molar-refractivity contribution in [3.8, 4) is 11.5 Å². The number of carbonyl (C=O) groups excluding carboxylic acids is 1. The van der Waals surface area contributed by atoms with Gasteiger partial charge in [0.25, 0.3) is 0 Å². The fraction of sp³-hybridized carbons (Fsp3) is 0.190. The van der Waals surface area contributed by atoms with Gasteiger partial charge in [-0.25, -0.2) is 0 Å². The SMILES string of the molecule is Cc1cc2nnc(SCC(=O)c3ccc4c(c3)OCCO4)n2c2ccccc12. The summed E-state index contributed by atoms with van der Waals surface area (Å²) in [4.78, 5) is 12.7. The number of ketones is 1. The molecule has 28 heavy (non-hydrogen) atoms.